The standard InChI is InChI=1S/C14H21NO2/c1-2-12-5-3-4-6-13(12)17-14-9-11(10-16)7-8-15-14/h7-9,12-13,16H,2-6,10H2,1H3. The van der Waals surface area contributed by atoms with E-state index in [1.54, 1.807) is 6.20 Å². The van der Waals surface area contributed by atoms with Gasteiger partial charge in [-0.2, -0.15) is 0 Å². The van der Waals surface area contributed by atoms with E-state index in [1.807, 2.05) is 12.1 Å². The van der Waals surface area contributed by atoms with Gasteiger partial charge in [-0.3, -0.25) is 0 Å². The maximum absolute atomic E-state index is 9.08. The lowest BCUT2D eigenvalue weighted by molar-refractivity contribution is 0.0856. The van der Waals surface area contributed by atoms with E-state index in [9.17, 15) is 0 Å². The minimum absolute atomic E-state index is 0.0424. The molecule has 1 N–H and O–H groups in total. The quantitative estimate of drug-likeness (QED) is 0.872. The summed E-state index contributed by atoms with van der Waals surface area (Å²) < 4.78 is 5.98. The van der Waals surface area contributed by atoms with E-state index in [1.165, 1.54) is 25.7 Å². The number of aliphatic hydroxyl groups excluding tert-OH is 1. The second-order valence-corrected chi connectivity index (χ2v) is 4.77. The Labute approximate surface area is 103 Å². The third-order valence-electron chi connectivity index (χ3n) is 3.62. The summed E-state index contributed by atoms with van der Waals surface area (Å²) >= 11 is 0. The van der Waals surface area contributed by atoms with Crippen LogP contribution in [-0.4, -0.2) is 16.2 Å². The number of nitrogens with zero attached hydrogens (tertiary/aromatic N) is 1. The molecule has 2 atom stereocenters. The van der Waals surface area contributed by atoms with Crippen molar-refractivity contribution in [3.63, 3.8) is 0 Å². The summed E-state index contributed by atoms with van der Waals surface area (Å²) in [5, 5.41) is 9.08. The van der Waals surface area contributed by atoms with Crippen LogP contribution in [0.5, 0.6) is 5.88 Å². The number of hydrogen-bond donors (Lipinski definition) is 1. The average Bonchev–Trinajstić information content (AvgIpc) is 2.39. The second kappa shape index (κ2) is 6.01. The van der Waals surface area contributed by atoms with Gasteiger partial charge in [0.05, 0.1) is 6.61 Å². The zero-order chi connectivity index (χ0) is 12.1. The summed E-state index contributed by atoms with van der Waals surface area (Å²) in [6.45, 7) is 2.27. The van der Waals surface area contributed by atoms with Crippen LogP contribution in [0.4, 0.5) is 0 Å². The van der Waals surface area contributed by atoms with Gasteiger partial charge >= 0.3 is 0 Å². The summed E-state index contributed by atoms with van der Waals surface area (Å²) in [5.74, 6) is 1.31. The van der Waals surface area contributed by atoms with Crippen LogP contribution in [0.15, 0.2) is 18.3 Å². The highest BCUT2D eigenvalue weighted by Crippen LogP contribution is 2.29. The Morgan fingerprint density at radius 2 is 2.24 bits per heavy atom. The smallest absolute Gasteiger partial charge is 0.213 e. The molecule has 1 heterocycles. The highest BCUT2D eigenvalue weighted by molar-refractivity contribution is 5.19. The molecule has 2 rings (SSSR count). The summed E-state index contributed by atoms with van der Waals surface area (Å²) in [6, 6.07) is 3.65. The molecule has 0 spiro atoms. The highest BCUT2D eigenvalue weighted by Gasteiger charge is 2.25. The molecular weight excluding hydrogens is 214 g/mol. The molecule has 3 heteroatoms. The fourth-order valence-electron chi connectivity index (χ4n) is 2.56. The SMILES string of the molecule is CCC1CCCCC1Oc1cc(CO)ccn1. The molecule has 0 saturated heterocycles. The van der Waals surface area contributed by atoms with Gasteiger partial charge in [-0.1, -0.05) is 13.3 Å². The third-order valence-corrected chi connectivity index (χ3v) is 3.62. The Bertz CT molecular complexity index is 354. The van der Waals surface area contributed by atoms with Gasteiger partial charge in [0.25, 0.3) is 0 Å². The lowest BCUT2D eigenvalue weighted by Crippen LogP contribution is -2.30. The predicted molar refractivity (Wildman–Crippen MR) is 66.8 cm³/mol. The minimum Gasteiger partial charge on any atom is -0.474 e. The number of aromatic nitrogens is 1. The molecule has 1 fully saturated rings. The van der Waals surface area contributed by atoms with E-state index in [2.05, 4.69) is 11.9 Å². The van der Waals surface area contributed by atoms with E-state index in [4.69, 9.17) is 9.84 Å². The van der Waals surface area contributed by atoms with E-state index >= 15 is 0 Å². The molecule has 0 radical (unpaired) electrons. The lowest BCUT2D eigenvalue weighted by atomic mass is 9.85. The van der Waals surface area contributed by atoms with Crippen LogP contribution in [0.1, 0.15) is 44.6 Å². The number of hydrogen-bond acceptors (Lipinski definition) is 3. The molecule has 1 aliphatic rings. The zero-order valence-electron chi connectivity index (χ0n) is 10.4. The first-order valence-electron chi connectivity index (χ1n) is 6.56. The van der Waals surface area contributed by atoms with Crippen molar-refractivity contribution in [2.75, 3.05) is 0 Å². The Kier molecular flexibility index (Phi) is 4.37. The van der Waals surface area contributed by atoms with Gasteiger partial charge in [-0.15, -0.1) is 0 Å². The third kappa shape index (κ3) is 3.19. The predicted octanol–water partition coefficient (Wildman–Crippen LogP) is 2.92. The van der Waals surface area contributed by atoms with Gasteiger partial charge in [-0.25, -0.2) is 4.98 Å². The molecule has 2 unspecified atom stereocenters. The average molecular weight is 235 g/mol. The van der Waals surface area contributed by atoms with Gasteiger partial charge in [0.15, 0.2) is 0 Å². The molecule has 0 aliphatic heterocycles. The van der Waals surface area contributed by atoms with Gasteiger partial charge < -0.3 is 9.84 Å². The van der Waals surface area contributed by atoms with Gasteiger partial charge in [0, 0.05) is 12.3 Å². The number of pyridine rings is 1. The molecule has 1 aromatic heterocycles. The zero-order valence-corrected chi connectivity index (χ0v) is 10.4. The molecule has 0 amide bonds. The molecule has 1 aliphatic carbocycles. The summed E-state index contributed by atoms with van der Waals surface area (Å²) in [7, 11) is 0. The van der Waals surface area contributed by atoms with Crippen LogP contribution in [0.2, 0.25) is 0 Å². The van der Waals surface area contributed by atoms with Crippen LogP contribution in [0.3, 0.4) is 0 Å². The summed E-state index contributed by atoms with van der Waals surface area (Å²) in [4.78, 5) is 4.22. The first-order chi connectivity index (χ1) is 8.33. The maximum Gasteiger partial charge on any atom is 0.213 e. The lowest BCUT2D eigenvalue weighted by Gasteiger charge is -2.30. The molecule has 3 nitrogen and oxygen atoms in total. The molecule has 1 aromatic rings. The van der Waals surface area contributed by atoms with Crippen LogP contribution in [0, 0.1) is 5.92 Å². The normalized spacial score (nSPS) is 24.6. The van der Waals surface area contributed by atoms with Crippen molar-refractivity contribution in [1.29, 1.82) is 0 Å². The van der Waals surface area contributed by atoms with Crippen LogP contribution < -0.4 is 4.74 Å². The Balaban J connectivity index is 2.02. The second-order valence-electron chi connectivity index (χ2n) is 4.77. The molecular formula is C14H21NO2. The van der Waals surface area contributed by atoms with E-state index in [-0.39, 0.29) is 6.61 Å². The maximum atomic E-state index is 9.08. The highest BCUT2D eigenvalue weighted by atomic mass is 16.5. The van der Waals surface area contributed by atoms with E-state index < -0.39 is 0 Å². The van der Waals surface area contributed by atoms with Crippen molar-refractivity contribution < 1.29 is 9.84 Å². The number of ether oxygens (including phenoxy) is 1. The fourth-order valence-corrected chi connectivity index (χ4v) is 2.56. The number of rotatable bonds is 4. The fraction of sp³-hybridized carbons (Fsp3) is 0.643. The van der Waals surface area contributed by atoms with Gasteiger partial charge in [0.1, 0.15) is 6.10 Å². The van der Waals surface area contributed by atoms with Crippen molar-refractivity contribution in [2.45, 2.75) is 51.7 Å². The molecule has 1 saturated carbocycles. The van der Waals surface area contributed by atoms with Gasteiger partial charge in [0.2, 0.25) is 5.88 Å². The monoisotopic (exact) mass is 235 g/mol. The molecule has 94 valence electrons. The Morgan fingerprint density at radius 1 is 1.41 bits per heavy atom. The van der Waals surface area contributed by atoms with Crippen LogP contribution >= 0.6 is 0 Å². The Morgan fingerprint density at radius 3 is 3.00 bits per heavy atom. The van der Waals surface area contributed by atoms with Gasteiger partial charge in [-0.05, 0) is 43.2 Å². The van der Waals surface area contributed by atoms with Crippen LogP contribution in [-0.2, 0) is 6.61 Å². The minimum atomic E-state index is 0.0424. The molecule has 0 aromatic carbocycles. The van der Waals surface area contributed by atoms with Crippen molar-refractivity contribution in [1.82, 2.24) is 4.98 Å². The topological polar surface area (TPSA) is 42.4 Å². The van der Waals surface area contributed by atoms with Crippen molar-refractivity contribution in [2.24, 2.45) is 5.92 Å². The van der Waals surface area contributed by atoms with Crippen molar-refractivity contribution in [3.8, 4) is 5.88 Å². The first-order valence-corrected chi connectivity index (χ1v) is 6.56. The molecule has 0 bridgehead atoms. The van der Waals surface area contributed by atoms with Crippen molar-refractivity contribution >= 4 is 0 Å². The van der Waals surface area contributed by atoms with Crippen molar-refractivity contribution in [3.05, 3.63) is 23.9 Å². The molecule has 17 heavy (non-hydrogen) atoms. The largest absolute Gasteiger partial charge is 0.474 e. The van der Waals surface area contributed by atoms with Crippen LogP contribution in [0.25, 0.3) is 0 Å². The van der Waals surface area contributed by atoms with E-state index in [0.29, 0.717) is 17.9 Å². The summed E-state index contributed by atoms with van der Waals surface area (Å²) in [6.07, 6.45) is 8.14. The Hall–Kier alpha value is -1.09. The first kappa shape index (κ1) is 12.4. The summed E-state index contributed by atoms with van der Waals surface area (Å²) in [5.41, 5.74) is 0.860. The number of aliphatic hydroxyl groups is 1. The van der Waals surface area contributed by atoms with E-state index in [0.717, 1.165) is 12.0 Å².